The van der Waals surface area contributed by atoms with Crippen molar-refractivity contribution in [1.82, 2.24) is 0 Å². The van der Waals surface area contributed by atoms with Gasteiger partial charge in [0, 0.05) is 12.8 Å². The van der Waals surface area contributed by atoms with Gasteiger partial charge in [-0.05, 0) is 49.3 Å². The second-order valence-corrected chi connectivity index (χ2v) is 10.8. The maximum atomic E-state index is 12.3. The summed E-state index contributed by atoms with van der Waals surface area (Å²) in [5.41, 5.74) is 4.79. The van der Waals surface area contributed by atoms with E-state index in [0.717, 1.165) is 0 Å². The van der Waals surface area contributed by atoms with Crippen molar-refractivity contribution in [3.05, 3.63) is 23.8 Å². The van der Waals surface area contributed by atoms with Gasteiger partial charge >= 0.3 is 24.2 Å². The van der Waals surface area contributed by atoms with Crippen molar-refractivity contribution < 1.29 is 48.0 Å². The Morgan fingerprint density at radius 1 is 0.846 bits per heavy atom. The van der Waals surface area contributed by atoms with Crippen LogP contribution in [0.1, 0.15) is 73.3 Å². The van der Waals surface area contributed by atoms with Crippen molar-refractivity contribution in [2.24, 2.45) is 23.5 Å². The van der Waals surface area contributed by atoms with Gasteiger partial charge in [0.25, 0.3) is 0 Å². The predicted molar refractivity (Wildman–Crippen MR) is 143 cm³/mol. The molecule has 11 heteroatoms. The van der Waals surface area contributed by atoms with Gasteiger partial charge in [0.05, 0.1) is 19.1 Å². The lowest BCUT2D eigenvalue weighted by Gasteiger charge is -2.28. The van der Waals surface area contributed by atoms with Crippen LogP contribution in [0.25, 0.3) is 0 Å². The van der Waals surface area contributed by atoms with E-state index in [1.165, 1.54) is 18.2 Å². The molecule has 1 unspecified atom stereocenters. The third-order valence-corrected chi connectivity index (χ3v) is 5.61. The van der Waals surface area contributed by atoms with Crippen LogP contribution in [0, 0.1) is 17.8 Å². The number of aliphatic carboxylic acids is 1. The van der Waals surface area contributed by atoms with E-state index < -0.39 is 35.9 Å². The quantitative estimate of drug-likeness (QED) is 0.169. The number of benzene rings is 1. The van der Waals surface area contributed by atoms with Gasteiger partial charge in [0.15, 0.2) is 11.5 Å². The lowest BCUT2D eigenvalue weighted by atomic mass is 9.86. The molecule has 0 saturated carbocycles. The van der Waals surface area contributed by atoms with Crippen LogP contribution in [0.2, 0.25) is 0 Å². The number of carbonyl (C=O) groups excluding carboxylic acids is 3. The molecule has 0 aromatic heterocycles. The number of nitrogens with two attached hydrogens (primary N) is 1. The molecule has 0 spiro atoms. The van der Waals surface area contributed by atoms with E-state index in [1.54, 1.807) is 20.8 Å². The maximum Gasteiger partial charge on any atom is 0.513 e. The van der Waals surface area contributed by atoms with Crippen LogP contribution in [0.4, 0.5) is 9.59 Å². The smallest absolute Gasteiger partial charge is 0.480 e. The lowest BCUT2D eigenvalue weighted by Crippen LogP contribution is -2.52. The lowest BCUT2D eigenvalue weighted by molar-refractivity contribution is -0.156. The van der Waals surface area contributed by atoms with E-state index in [-0.39, 0.29) is 43.5 Å². The number of carboxylic acids is 1. The highest BCUT2D eigenvalue weighted by Crippen LogP contribution is 2.31. The summed E-state index contributed by atoms with van der Waals surface area (Å²) in [4.78, 5) is 48.5. The molecule has 2 atom stereocenters. The fourth-order valence-corrected chi connectivity index (χ4v) is 3.31. The Balaban J connectivity index is 3.15. The molecule has 0 amide bonds. The van der Waals surface area contributed by atoms with Crippen molar-refractivity contribution in [1.29, 1.82) is 0 Å². The normalized spacial score (nSPS) is 13.5. The van der Waals surface area contributed by atoms with Gasteiger partial charge in [-0.2, -0.15) is 0 Å². The van der Waals surface area contributed by atoms with Crippen LogP contribution < -0.4 is 15.2 Å². The molecule has 0 aliphatic heterocycles. The van der Waals surface area contributed by atoms with Crippen LogP contribution in [-0.2, 0) is 30.2 Å². The van der Waals surface area contributed by atoms with Crippen LogP contribution in [0.5, 0.6) is 11.5 Å². The molecule has 3 N–H and O–H groups in total. The van der Waals surface area contributed by atoms with Crippen LogP contribution >= 0.6 is 0 Å². The summed E-state index contributed by atoms with van der Waals surface area (Å²) < 4.78 is 26.0. The second kappa shape index (κ2) is 15.9. The van der Waals surface area contributed by atoms with Crippen molar-refractivity contribution in [3.8, 4) is 11.5 Å². The number of ether oxygens (including phenoxy) is 5. The minimum Gasteiger partial charge on any atom is -0.480 e. The predicted octanol–water partition coefficient (Wildman–Crippen LogP) is 5.11. The van der Waals surface area contributed by atoms with Crippen LogP contribution in [0.3, 0.4) is 0 Å². The van der Waals surface area contributed by atoms with Gasteiger partial charge in [0.1, 0.15) is 11.6 Å². The number of hydrogen-bond acceptors (Lipinski definition) is 10. The molecule has 0 heterocycles. The standard InChI is InChI=1S/C28H43NO10/c1-17(2)10-12-35-26(33)38-22-9-8-21(14-23(22)39-27(34)36-13-11-18(3)4)16-28(29,25(31)32)15-20(7)37-24(30)19(5)6/h8-9,14,17-20H,10-13,15-16,29H2,1-7H3,(H,31,32)/t20-,28?/m0/s1. The van der Waals surface area contributed by atoms with Crippen molar-refractivity contribution in [3.63, 3.8) is 0 Å². The summed E-state index contributed by atoms with van der Waals surface area (Å²) in [6.07, 6.45) is -1.89. The Morgan fingerprint density at radius 3 is 1.82 bits per heavy atom. The largest absolute Gasteiger partial charge is 0.513 e. The third-order valence-electron chi connectivity index (χ3n) is 5.61. The zero-order valence-corrected chi connectivity index (χ0v) is 24.0. The number of hydrogen-bond donors (Lipinski definition) is 2. The fraction of sp³-hybridized carbons (Fsp3) is 0.643. The van der Waals surface area contributed by atoms with Gasteiger partial charge in [-0.1, -0.05) is 47.6 Å². The van der Waals surface area contributed by atoms with E-state index in [4.69, 9.17) is 29.4 Å². The highest BCUT2D eigenvalue weighted by Gasteiger charge is 2.37. The highest BCUT2D eigenvalue weighted by atomic mass is 16.7. The van der Waals surface area contributed by atoms with E-state index in [1.807, 2.05) is 27.7 Å². The number of carbonyl (C=O) groups is 4. The molecule has 0 saturated heterocycles. The summed E-state index contributed by atoms with van der Waals surface area (Å²) in [6, 6.07) is 4.18. The zero-order chi connectivity index (χ0) is 29.8. The number of rotatable bonds is 15. The van der Waals surface area contributed by atoms with Gasteiger partial charge < -0.3 is 34.5 Å². The molecular weight excluding hydrogens is 510 g/mol. The van der Waals surface area contributed by atoms with Crippen molar-refractivity contribution >= 4 is 24.2 Å². The van der Waals surface area contributed by atoms with Crippen LogP contribution in [0.15, 0.2) is 18.2 Å². The van der Waals surface area contributed by atoms with Crippen molar-refractivity contribution in [2.75, 3.05) is 13.2 Å². The first-order valence-electron chi connectivity index (χ1n) is 13.2. The molecule has 1 aromatic rings. The van der Waals surface area contributed by atoms with E-state index in [0.29, 0.717) is 30.2 Å². The summed E-state index contributed by atoms with van der Waals surface area (Å²) in [5.74, 6) is -1.83. The van der Waals surface area contributed by atoms with E-state index in [2.05, 4.69) is 0 Å². The van der Waals surface area contributed by atoms with Gasteiger partial charge in [-0.3, -0.25) is 9.59 Å². The molecule has 0 aliphatic rings. The summed E-state index contributed by atoms with van der Waals surface area (Å²) in [7, 11) is 0. The van der Waals surface area contributed by atoms with Crippen LogP contribution in [-0.4, -0.2) is 54.2 Å². The van der Waals surface area contributed by atoms with Gasteiger partial charge in [-0.25, -0.2) is 9.59 Å². The van der Waals surface area contributed by atoms with E-state index in [9.17, 15) is 24.3 Å². The van der Waals surface area contributed by atoms with Crippen molar-refractivity contribution in [2.45, 2.75) is 85.8 Å². The Labute approximate surface area is 230 Å². The topological polar surface area (TPSA) is 161 Å². The maximum absolute atomic E-state index is 12.3. The average molecular weight is 554 g/mol. The van der Waals surface area contributed by atoms with Gasteiger partial charge in [0.2, 0.25) is 0 Å². The molecule has 39 heavy (non-hydrogen) atoms. The summed E-state index contributed by atoms with van der Waals surface area (Å²) in [6.45, 7) is 13.1. The first-order chi connectivity index (χ1) is 18.1. The second-order valence-electron chi connectivity index (χ2n) is 10.8. The Hall–Kier alpha value is -3.34. The number of carboxylic acid groups (broad SMARTS) is 1. The molecule has 0 bridgehead atoms. The minimum absolute atomic E-state index is 0.119. The summed E-state index contributed by atoms with van der Waals surface area (Å²) >= 11 is 0. The molecule has 1 aromatic carbocycles. The molecule has 0 radical (unpaired) electrons. The first-order valence-corrected chi connectivity index (χ1v) is 13.2. The zero-order valence-electron chi connectivity index (χ0n) is 24.0. The molecular formula is C28H43NO10. The Morgan fingerprint density at radius 2 is 1.36 bits per heavy atom. The minimum atomic E-state index is -1.82. The molecule has 220 valence electrons. The van der Waals surface area contributed by atoms with E-state index >= 15 is 0 Å². The summed E-state index contributed by atoms with van der Waals surface area (Å²) in [5, 5.41) is 9.88. The Kier molecular flexibility index (Phi) is 13.8. The molecule has 11 nitrogen and oxygen atoms in total. The highest BCUT2D eigenvalue weighted by molar-refractivity contribution is 5.79. The molecule has 1 rings (SSSR count). The average Bonchev–Trinajstić information content (AvgIpc) is 2.79. The van der Waals surface area contributed by atoms with Gasteiger partial charge in [-0.15, -0.1) is 0 Å². The molecule has 0 aliphatic carbocycles. The Bertz CT molecular complexity index is 975. The number of esters is 1. The molecule has 0 fully saturated rings. The third kappa shape index (κ3) is 12.8. The first kappa shape index (κ1) is 33.7. The monoisotopic (exact) mass is 553 g/mol. The fourth-order valence-electron chi connectivity index (χ4n) is 3.31. The SMILES string of the molecule is CC(C)CCOC(=O)Oc1ccc(CC(N)(C[C@H](C)OC(=O)C(C)C)C(=O)O)cc1OC(=O)OCCC(C)C.